The molecule has 3 heteroatoms. The van der Waals surface area contributed by atoms with Crippen molar-refractivity contribution >= 4 is 10.9 Å². The van der Waals surface area contributed by atoms with Crippen LogP contribution in [0.4, 0.5) is 0 Å². The highest BCUT2D eigenvalue weighted by Gasteiger charge is 2.27. The molecule has 0 radical (unpaired) electrons. The van der Waals surface area contributed by atoms with E-state index in [4.69, 9.17) is 9.84 Å². The third-order valence-electron chi connectivity index (χ3n) is 12.4. The molecule has 348 valence electrons. The zero-order valence-corrected chi connectivity index (χ0v) is 44.1. The Hall–Kier alpha value is -3.43. The van der Waals surface area contributed by atoms with E-state index >= 15 is 0 Å². The van der Waals surface area contributed by atoms with Crippen molar-refractivity contribution in [1.29, 1.82) is 0 Å². The molecule has 0 fully saturated rings. The van der Waals surface area contributed by atoms with Crippen LogP contribution in [0, 0.1) is 17.3 Å². The SMILES string of the molecule is C=CC(CCCC)C(C)CC.CCC(c1ccnc2ccc(OCc3cc(C(C)(C)C)cc(C(C)(C)C)c3)cc12)C(C)(C)C.CCc1cc(C(C)(C)C)cc(C(C)(C)C)c1.CO. The van der Waals surface area contributed by atoms with Crippen LogP contribution in [0.1, 0.15) is 215 Å². The summed E-state index contributed by atoms with van der Waals surface area (Å²) in [4.78, 5) is 4.62. The van der Waals surface area contributed by atoms with E-state index in [2.05, 4.69) is 217 Å². The Morgan fingerprint density at radius 2 is 1.10 bits per heavy atom. The number of aliphatic hydroxyl groups excluding tert-OH is 1. The van der Waals surface area contributed by atoms with Gasteiger partial charge in [0.05, 0.1) is 5.52 Å². The second-order valence-corrected chi connectivity index (χ2v) is 22.8. The minimum absolute atomic E-state index is 0.0989. The molecule has 3 aromatic carbocycles. The predicted octanol–water partition coefficient (Wildman–Crippen LogP) is 17.4. The Labute approximate surface area is 384 Å². The molecular weight excluding hydrogens is 755 g/mol. The van der Waals surface area contributed by atoms with Crippen molar-refractivity contribution in [2.24, 2.45) is 17.3 Å². The minimum Gasteiger partial charge on any atom is -0.489 e. The number of fused-ring (bicyclic) bond motifs is 1. The summed E-state index contributed by atoms with van der Waals surface area (Å²) in [6.07, 6.45) is 11.6. The van der Waals surface area contributed by atoms with Crippen molar-refractivity contribution in [3.05, 3.63) is 118 Å². The molecule has 0 aliphatic rings. The smallest absolute Gasteiger partial charge is 0.120 e. The van der Waals surface area contributed by atoms with E-state index in [1.54, 1.807) is 0 Å². The number of unbranched alkanes of at least 4 members (excludes halogenated alkanes) is 1. The first-order valence-corrected chi connectivity index (χ1v) is 24.0. The quantitative estimate of drug-likeness (QED) is 0.144. The summed E-state index contributed by atoms with van der Waals surface area (Å²) in [5, 5.41) is 8.20. The van der Waals surface area contributed by atoms with Gasteiger partial charge in [0.15, 0.2) is 0 Å². The predicted molar refractivity (Wildman–Crippen MR) is 276 cm³/mol. The second kappa shape index (κ2) is 24.6. The summed E-state index contributed by atoms with van der Waals surface area (Å²) in [5.41, 5.74) is 11.6. The van der Waals surface area contributed by atoms with Crippen LogP contribution in [-0.4, -0.2) is 17.2 Å². The lowest BCUT2D eigenvalue weighted by Gasteiger charge is -2.31. The number of nitrogens with zero attached hydrogens (tertiary/aromatic N) is 1. The van der Waals surface area contributed by atoms with Gasteiger partial charge in [-0.1, -0.05) is 200 Å². The molecule has 0 spiro atoms. The molecule has 1 heterocycles. The van der Waals surface area contributed by atoms with Crippen LogP contribution >= 0.6 is 0 Å². The fourth-order valence-electron chi connectivity index (χ4n) is 7.79. The number of pyridine rings is 1. The van der Waals surface area contributed by atoms with E-state index in [9.17, 15) is 0 Å². The van der Waals surface area contributed by atoms with E-state index in [-0.39, 0.29) is 27.1 Å². The van der Waals surface area contributed by atoms with Crippen molar-refractivity contribution < 1.29 is 9.84 Å². The van der Waals surface area contributed by atoms with E-state index in [0.717, 1.165) is 43.1 Å². The standard InChI is InChI=1S/C31H43NO.C16H26.C11H22.CH4O/c1-11-27(31(8,9)10)25-14-15-32-28-13-12-24(19-26(25)28)33-20-21-16-22(29(2,3)4)18-23(17-21)30(5,6)7;1-8-12-9-13(15(2,3)4)11-14(10-12)16(5,6)7;1-5-8-9-11(7-3)10(4)6-2;1-2/h12-19,27H,11,20H2,1-10H3;9-11H,8H2,1-7H3;7,10-11H,3,5-6,8-9H2,1-2,4H3;2H,1H3. The first kappa shape index (κ1) is 56.6. The Bertz CT molecular complexity index is 1850. The molecule has 1 N–H and O–H groups in total. The van der Waals surface area contributed by atoms with Crippen LogP contribution in [0.25, 0.3) is 10.9 Å². The van der Waals surface area contributed by atoms with E-state index in [0.29, 0.717) is 12.5 Å². The van der Waals surface area contributed by atoms with Crippen molar-refractivity contribution in [2.45, 2.75) is 211 Å². The molecule has 0 aliphatic carbocycles. The van der Waals surface area contributed by atoms with Gasteiger partial charge in [0.1, 0.15) is 12.4 Å². The van der Waals surface area contributed by atoms with Gasteiger partial charge in [0.2, 0.25) is 0 Å². The highest BCUT2D eigenvalue weighted by atomic mass is 16.5. The van der Waals surface area contributed by atoms with Gasteiger partial charge in [0.25, 0.3) is 0 Å². The van der Waals surface area contributed by atoms with Crippen molar-refractivity contribution in [3.8, 4) is 5.75 Å². The molecule has 0 amide bonds. The lowest BCUT2D eigenvalue weighted by molar-refractivity contribution is 0.305. The minimum atomic E-state index is 0.0989. The molecule has 3 unspecified atom stereocenters. The summed E-state index contributed by atoms with van der Waals surface area (Å²) in [6, 6.07) is 22.6. The van der Waals surface area contributed by atoms with Crippen molar-refractivity contribution in [3.63, 3.8) is 0 Å². The van der Waals surface area contributed by atoms with Gasteiger partial charge in [-0.2, -0.15) is 0 Å². The zero-order chi connectivity index (χ0) is 47.9. The Balaban J connectivity index is 0.000000548. The molecule has 0 saturated heterocycles. The molecule has 0 bridgehead atoms. The number of aliphatic hydroxyl groups is 1. The van der Waals surface area contributed by atoms with Crippen LogP contribution in [-0.2, 0) is 34.7 Å². The average Bonchev–Trinajstić information content (AvgIpc) is 3.19. The maximum Gasteiger partial charge on any atom is 0.120 e. The number of hydrogen-bond acceptors (Lipinski definition) is 3. The molecular formula is C59H95NO2. The Morgan fingerprint density at radius 1 is 0.629 bits per heavy atom. The third kappa shape index (κ3) is 18.0. The molecule has 4 rings (SSSR count). The summed E-state index contributed by atoms with van der Waals surface area (Å²) in [6.45, 7) is 50.1. The molecule has 4 aromatic rings. The highest BCUT2D eigenvalue weighted by Crippen LogP contribution is 2.41. The van der Waals surface area contributed by atoms with Gasteiger partial charge in [-0.25, -0.2) is 0 Å². The monoisotopic (exact) mass is 850 g/mol. The van der Waals surface area contributed by atoms with Crippen molar-refractivity contribution in [2.75, 3.05) is 7.11 Å². The summed E-state index contributed by atoms with van der Waals surface area (Å²) in [7, 11) is 1.00. The van der Waals surface area contributed by atoms with Gasteiger partial charge < -0.3 is 9.84 Å². The fraction of sp³-hybridized carbons (Fsp3) is 0.610. The van der Waals surface area contributed by atoms with Gasteiger partial charge in [-0.05, 0) is 127 Å². The Kier molecular flexibility index (Phi) is 22.4. The van der Waals surface area contributed by atoms with Gasteiger partial charge >= 0.3 is 0 Å². The first-order valence-electron chi connectivity index (χ1n) is 24.0. The summed E-state index contributed by atoms with van der Waals surface area (Å²) < 4.78 is 6.36. The maximum absolute atomic E-state index is 7.00. The second-order valence-electron chi connectivity index (χ2n) is 22.8. The number of allylic oxidation sites excluding steroid dienone is 1. The Morgan fingerprint density at radius 3 is 1.47 bits per heavy atom. The zero-order valence-electron chi connectivity index (χ0n) is 44.1. The largest absolute Gasteiger partial charge is 0.489 e. The number of benzene rings is 3. The molecule has 62 heavy (non-hydrogen) atoms. The number of hydrogen-bond donors (Lipinski definition) is 1. The van der Waals surface area contributed by atoms with Crippen LogP contribution < -0.4 is 4.74 Å². The highest BCUT2D eigenvalue weighted by molar-refractivity contribution is 5.84. The third-order valence-corrected chi connectivity index (χ3v) is 12.4. The van der Waals surface area contributed by atoms with Crippen LogP contribution in [0.15, 0.2) is 79.5 Å². The summed E-state index contributed by atoms with van der Waals surface area (Å²) >= 11 is 0. The number of rotatable bonds is 12. The van der Waals surface area contributed by atoms with Crippen molar-refractivity contribution in [1.82, 2.24) is 4.98 Å². The van der Waals surface area contributed by atoms with E-state index in [1.807, 2.05) is 6.20 Å². The molecule has 3 nitrogen and oxygen atoms in total. The molecule has 0 aliphatic heterocycles. The van der Waals surface area contributed by atoms with Crippen LogP contribution in [0.2, 0.25) is 0 Å². The van der Waals surface area contributed by atoms with Crippen LogP contribution in [0.5, 0.6) is 5.75 Å². The van der Waals surface area contributed by atoms with Gasteiger partial charge in [0, 0.05) is 18.7 Å². The summed E-state index contributed by atoms with van der Waals surface area (Å²) in [5.74, 6) is 2.94. The van der Waals surface area contributed by atoms with Gasteiger partial charge in [-0.15, -0.1) is 6.58 Å². The molecule has 0 saturated carbocycles. The lowest BCUT2D eigenvalue weighted by Crippen LogP contribution is -2.18. The number of ether oxygens (including phenoxy) is 1. The first-order chi connectivity index (χ1) is 28.6. The van der Waals surface area contributed by atoms with Crippen LogP contribution in [0.3, 0.4) is 0 Å². The van der Waals surface area contributed by atoms with Gasteiger partial charge in [-0.3, -0.25) is 4.98 Å². The molecule has 3 atom stereocenters. The maximum atomic E-state index is 7.00. The average molecular weight is 850 g/mol. The normalized spacial score (nSPS) is 13.6. The lowest BCUT2D eigenvalue weighted by atomic mass is 9.74. The topological polar surface area (TPSA) is 42.4 Å². The van der Waals surface area contributed by atoms with E-state index in [1.165, 1.54) is 70.0 Å². The number of aromatic nitrogens is 1. The van der Waals surface area contributed by atoms with E-state index < -0.39 is 0 Å². The number of aryl methyl sites for hydroxylation is 1. The fourth-order valence-corrected chi connectivity index (χ4v) is 7.79. The molecule has 1 aromatic heterocycles.